The fraction of sp³-hybridized carbons (Fsp3) is 0.292. The molecule has 0 aliphatic carbocycles. The van der Waals surface area contributed by atoms with Crippen molar-refractivity contribution in [1.29, 1.82) is 5.41 Å². The molecule has 5 rings (SSSR count). The molecule has 4 aromatic rings. The van der Waals surface area contributed by atoms with Gasteiger partial charge in [0.15, 0.2) is 5.65 Å². The van der Waals surface area contributed by atoms with Gasteiger partial charge in [-0.2, -0.15) is 0 Å². The molecule has 33 heavy (non-hydrogen) atoms. The normalized spacial score (nSPS) is 16.7. The van der Waals surface area contributed by atoms with Gasteiger partial charge < -0.3 is 16.0 Å². The zero-order chi connectivity index (χ0) is 22.8. The van der Waals surface area contributed by atoms with E-state index < -0.39 is 0 Å². The fourth-order valence-electron chi connectivity index (χ4n) is 4.26. The van der Waals surface area contributed by atoms with Gasteiger partial charge in [0, 0.05) is 36.4 Å². The third-order valence-corrected chi connectivity index (χ3v) is 6.09. The van der Waals surface area contributed by atoms with Crippen LogP contribution in [0.15, 0.2) is 54.7 Å². The van der Waals surface area contributed by atoms with E-state index in [4.69, 9.17) is 10.4 Å². The van der Waals surface area contributed by atoms with Crippen LogP contribution in [0.5, 0.6) is 0 Å². The van der Waals surface area contributed by atoms with Crippen molar-refractivity contribution in [3.63, 3.8) is 0 Å². The van der Waals surface area contributed by atoms with Crippen LogP contribution in [0, 0.1) is 11.3 Å². The van der Waals surface area contributed by atoms with Crippen LogP contribution in [-0.4, -0.2) is 50.5 Å². The maximum absolute atomic E-state index is 7.52. The average Bonchev–Trinajstić information content (AvgIpc) is 3.30. The lowest BCUT2D eigenvalue weighted by atomic mass is 9.97. The highest BCUT2D eigenvalue weighted by Crippen LogP contribution is 2.31. The number of pyridine rings is 1. The van der Waals surface area contributed by atoms with Crippen molar-refractivity contribution in [3.05, 3.63) is 66.1 Å². The smallest absolute Gasteiger partial charge is 0.224 e. The van der Waals surface area contributed by atoms with Crippen LogP contribution in [0.3, 0.4) is 0 Å². The highest BCUT2D eigenvalue weighted by atomic mass is 15.3. The van der Waals surface area contributed by atoms with E-state index >= 15 is 0 Å². The van der Waals surface area contributed by atoms with Crippen LogP contribution in [0.4, 0.5) is 11.8 Å². The molecule has 9 heteroatoms. The minimum Gasteiger partial charge on any atom is -0.370 e. The second-order valence-corrected chi connectivity index (χ2v) is 8.35. The number of hydrogen-bond donors (Lipinski definition) is 4. The molecule has 3 atom stereocenters. The minimum absolute atomic E-state index is 0.00878. The van der Waals surface area contributed by atoms with Gasteiger partial charge in [-0.1, -0.05) is 37.3 Å². The van der Waals surface area contributed by atoms with Gasteiger partial charge in [0.2, 0.25) is 5.95 Å². The standard InChI is InChI=1S/C24H27N9/c1-15(13-25)22(26-2)30-24-27-9-8-19(29-24)17-11-20-28-14-18(10-16-6-4-3-5-7-16)23-32-31-21(12-17)33(20)23/h3-9,11-13,15,18,22,25-26,28H,10,14H2,1-2H3,(H,27,29,30)/t15?,18-,22?/m0/s1. The molecule has 0 amide bonds. The van der Waals surface area contributed by atoms with E-state index in [1.54, 1.807) is 6.20 Å². The summed E-state index contributed by atoms with van der Waals surface area (Å²) in [4.78, 5) is 9.06. The zero-order valence-electron chi connectivity index (χ0n) is 18.7. The summed E-state index contributed by atoms with van der Waals surface area (Å²) in [5, 5.41) is 26.5. The Morgan fingerprint density at radius 2 is 2.06 bits per heavy atom. The molecule has 0 bridgehead atoms. The van der Waals surface area contributed by atoms with Crippen LogP contribution in [0.25, 0.3) is 16.9 Å². The predicted molar refractivity (Wildman–Crippen MR) is 130 cm³/mol. The first-order valence-electron chi connectivity index (χ1n) is 11.1. The van der Waals surface area contributed by atoms with Crippen LogP contribution in [0.1, 0.15) is 24.2 Å². The molecular formula is C24H27N9. The maximum Gasteiger partial charge on any atom is 0.224 e. The van der Waals surface area contributed by atoms with Crippen molar-refractivity contribution in [3.8, 4) is 11.3 Å². The Bertz CT molecular complexity index is 1270. The molecule has 2 unspecified atom stereocenters. The third kappa shape index (κ3) is 4.14. The molecule has 3 aromatic heterocycles. The third-order valence-electron chi connectivity index (χ3n) is 6.09. The highest BCUT2D eigenvalue weighted by molar-refractivity contribution is 5.70. The molecule has 0 fully saturated rings. The summed E-state index contributed by atoms with van der Waals surface area (Å²) < 4.78 is 2.10. The van der Waals surface area contributed by atoms with Gasteiger partial charge in [-0.15, -0.1) is 10.2 Å². The summed E-state index contributed by atoms with van der Waals surface area (Å²) in [7, 11) is 1.85. The molecule has 0 saturated carbocycles. The molecule has 1 aliphatic rings. The van der Waals surface area contributed by atoms with Crippen molar-refractivity contribution in [2.45, 2.75) is 25.4 Å². The number of nitrogens with one attached hydrogen (secondary N) is 4. The Hall–Kier alpha value is -3.85. The van der Waals surface area contributed by atoms with E-state index in [2.05, 4.69) is 65.9 Å². The van der Waals surface area contributed by atoms with Gasteiger partial charge in [-0.3, -0.25) is 9.72 Å². The molecule has 0 saturated heterocycles. The van der Waals surface area contributed by atoms with E-state index in [0.29, 0.717) is 5.95 Å². The fourth-order valence-corrected chi connectivity index (χ4v) is 4.26. The molecule has 1 aliphatic heterocycles. The van der Waals surface area contributed by atoms with Crippen LogP contribution < -0.4 is 16.0 Å². The van der Waals surface area contributed by atoms with Crippen LogP contribution in [0.2, 0.25) is 0 Å². The summed E-state index contributed by atoms with van der Waals surface area (Å²) in [6.45, 7) is 2.76. The first-order chi connectivity index (χ1) is 16.2. The molecule has 4 N–H and O–H groups in total. The number of anilines is 2. The van der Waals surface area contributed by atoms with Crippen molar-refractivity contribution in [2.24, 2.45) is 5.92 Å². The van der Waals surface area contributed by atoms with Crippen molar-refractivity contribution < 1.29 is 0 Å². The highest BCUT2D eigenvalue weighted by Gasteiger charge is 2.25. The van der Waals surface area contributed by atoms with E-state index in [0.717, 1.165) is 41.5 Å². The van der Waals surface area contributed by atoms with Crippen LogP contribution >= 0.6 is 0 Å². The lowest BCUT2D eigenvalue weighted by Gasteiger charge is -2.24. The van der Waals surface area contributed by atoms with Gasteiger partial charge in [0.1, 0.15) is 11.6 Å². The van der Waals surface area contributed by atoms with E-state index in [9.17, 15) is 0 Å². The lowest BCUT2D eigenvalue weighted by Crippen LogP contribution is -2.40. The molecule has 168 valence electrons. The van der Waals surface area contributed by atoms with Gasteiger partial charge in [-0.25, -0.2) is 9.97 Å². The Morgan fingerprint density at radius 1 is 1.21 bits per heavy atom. The summed E-state index contributed by atoms with van der Waals surface area (Å²) in [6, 6.07) is 16.5. The topological polar surface area (TPSA) is 116 Å². The Labute approximate surface area is 192 Å². The Kier molecular flexibility index (Phi) is 5.70. The summed E-state index contributed by atoms with van der Waals surface area (Å²) in [5.41, 5.74) is 3.82. The zero-order valence-corrected chi connectivity index (χ0v) is 18.7. The van der Waals surface area contributed by atoms with Gasteiger partial charge in [0.25, 0.3) is 0 Å². The number of benzene rings is 1. The number of aromatic nitrogens is 5. The van der Waals surface area contributed by atoms with Gasteiger partial charge >= 0.3 is 0 Å². The van der Waals surface area contributed by atoms with Crippen molar-refractivity contribution in [1.82, 2.24) is 29.9 Å². The summed E-state index contributed by atoms with van der Waals surface area (Å²) in [6.07, 6.45) is 3.91. The van der Waals surface area contributed by atoms with E-state index in [-0.39, 0.29) is 18.0 Å². The minimum atomic E-state index is -0.136. The van der Waals surface area contributed by atoms with Gasteiger partial charge in [0.05, 0.1) is 11.9 Å². The predicted octanol–water partition coefficient (Wildman–Crippen LogP) is 3.18. The monoisotopic (exact) mass is 441 g/mol. The maximum atomic E-state index is 7.52. The molecule has 0 radical (unpaired) electrons. The largest absolute Gasteiger partial charge is 0.370 e. The van der Waals surface area contributed by atoms with Crippen LogP contribution in [-0.2, 0) is 6.42 Å². The molecule has 9 nitrogen and oxygen atoms in total. The second kappa shape index (κ2) is 8.95. The summed E-state index contributed by atoms with van der Waals surface area (Å²) >= 11 is 0. The molecular weight excluding hydrogens is 414 g/mol. The molecule has 4 heterocycles. The summed E-state index contributed by atoms with van der Waals surface area (Å²) in [5.74, 6) is 2.70. The molecule has 0 spiro atoms. The lowest BCUT2D eigenvalue weighted by molar-refractivity contribution is 0.535. The van der Waals surface area contributed by atoms with Crippen molar-refractivity contribution >= 4 is 23.6 Å². The Morgan fingerprint density at radius 3 is 2.85 bits per heavy atom. The first-order valence-corrected chi connectivity index (χ1v) is 11.1. The number of hydrogen-bond acceptors (Lipinski definition) is 8. The van der Waals surface area contributed by atoms with E-state index in [1.165, 1.54) is 11.8 Å². The first kappa shape index (κ1) is 21.0. The average molecular weight is 442 g/mol. The number of rotatable bonds is 8. The second-order valence-electron chi connectivity index (χ2n) is 8.35. The van der Waals surface area contributed by atoms with Gasteiger partial charge in [-0.05, 0) is 37.2 Å². The number of nitrogens with zero attached hydrogens (tertiary/aromatic N) is 5. The Balaban J connectivity index is 1.44. The quantitative estimate of drug-likeness (QED) is 0.245. The van der Waals surface area contributed by atoms with Crippen molar-refractivity contribution in [2.75, 3.05) is 24.2 Å². The SMILES string of the molecule is CNC(Nc1nccc(-c2cc3n4c(nnc4c2)[C@@H](Cc2ccccc2)CN3)n1)C(C)C=N. The molecule has 1 aromatic carbocycles. The van der Waals surface area contributed by atoms with E-state index in [1.807, 2.05) is 32.2 Å².